The van der Waals surface area contributed by atoms with Crippen molar-refractivity contribution in [2.75, 3.05) is 7.05 Å². The molecule has 1 heterocycles. The topological polar surface area (TPSA) is 55.2 Å². The Morgan fingerprint density at radius 2 is 1.88 bits per heavy atom. The largest absolute Gasteiger partial charge is 0.340 e. The molecule has 0 radical (unpaired) electrons. The van der Waals surface area contributed by atoms with Gasteiger partial charge in [0, 0.05) is 23.5 Å². The average molecular weight is 386 g/mol. The second-order valence-electron chi connectivity index (χ2n) is 5.54. The van der Waals surface area contributed by atoms with E-state index in [0.717, 1.165) is 15.4 Å². The van der Waals surface area contributed by atoms with E-state index in [1.54, 1.807) is 30.3 Å². The summed E-state index contributed by atoms with van der Waals surface area (Å²) in [6.45, 7) is 0.382. The molecule has 6 heteroatoms. The van der Waals surface area contributed by atoms with Crippen LogP contribution in [-0.2, 0) is 17.9 Å². The molecule has 0 aliphatic heterocycles. The van der Waals surface area contributed by atoms with Crippen molar-refractivity contribution in [1.82, 2.24) is 14.7 Å². The van der Waals surface area contributed by atoms with Crippen molar-refractivity contribution < 1.29 is 4.79 Å². The van der Waals surface area contributed by atoms with Crippen LogP contribution < -0.4 is 5.56 Å². The molecule has 24 heavy (non-hydrogen) atoms. The number of hydrogen-bond donors (Lipinski definition) is 0. The number of carbonyl (C=O) groups is 1. The highest BCUT2D eigenvalue weighted by atomic mass is 79.9. The predicted molar refractivity (Wildman–Crippen MR) is 96.6 cm³/mol. The van der Waals surface area contributed by atoms with Crippen LogP contribution in [0.25, 0.3) is 10.8 Å². The van der Waals surface area contributed by atoms with E-state index < -0.39 is 0 Å². The maximum absolute atomic E-state index is 12.4. The molecule has 0 spiro atoms. The lowest BCUT2D eigenvalue weighted by atomic mass is 10.2. The van der Waals surface area contributed by atoms with Gasteiger partial charge in [0.05, 0.1) is 11.6 Å². The third-order valence-corrected chi connectivity index (χ3v) is 4.61. The predicted octanol–water partition coefficient (Wildman–Crippen LogP) is 2.82. The molecule has 0 saturated heterocycles. The number of nitrogens with zero attached hydrogens (tertiary/aromatic N) is 3. The van der Waals surface area contributed by atoms with Crippen LogP contribution in [0.3, 0.4) is 0 Å². The van der Waals surface area contributed by atoms with E-state index in [0.29, 0.717) is 11.9 Å². The van der Waals surface area contributed by atoms with E-state index >= 15 is 0 Å². The number of rotatable bonds is 4. The Bertz CT molecular complexity index is 952. The first-order valence-corrected chi connectivity index (χ1v) is 8.28. The molecule has 0 aliphatic carbocycles. The number of likely N-dealkylation sites (N-methyl/N-ethyl adjacent to an activating group) is 1. The molecule has 0 N–H and O–H groups in total. The van der Waals surface area contributed by atoms with Crippen LogP contribution in [0.15, 0.2) is 64.0 Å². The van der Waals surface area contributed by atoms with E-state index in [-0.39, 0.29) is 18.0 Å². The molecular weight excluding hydrogens is 370 g/mol. The molecule has 1 aromatic heterocycles. The van der Waals surface area contributed by atoms with E-state index in [1.807, 2.05) is 36.4 Å². The Hall–Kier alpha value is -2.47. The van der Waals surface area contributed by atoms with Gasteiger partial charge in [-0.15, -0.1) is 0 Å². The highest BCUT2D eigenvalue weighted by Crippen LogP contribution is 2.17. The second kappa shape index (κ2) is 6.97. The maximum atomic E-state index is 12.4. The summed E-state index contributed by atoms with van der Waals surface area (Å²) in [7, 11) is 1.72. The summed E-state index contributed by atoms with van der Waals surface area (Å²) in [6.07, 6.45) is 1.61. The molecule has 0 bridgehead atoms. The van der Waals surface area contributed by atoms with Gasteiger partial charge in [0.1, 0.15) is 6.54 Å². The highest BCUT2D eigenvalue weighted by Gasteiger charge is 2.13. The van der Waals surface area contributed by atoms with Gasteiger partial charge in [0.15, 0.2) is 0 Å². The molecule has 5 nitrogen and oxygen atoms in total. The van der Waals surface area contributed by atoms with E-state index in [4.69, 9.17) is 0 Å². The Kier molecular flexibility index (Phi) is 4.76. The number of benzene rings is 2. The minimum atomic E-state index is -0.254. The van der Waals surface area contributed by atoms with Crippen LogP contribution in [0.2, 0.25) is 0 Å². The number of hydrogen-bond acceptors (Lipinski definition) is 3. The van der Waals surface area contributed by atoms with Gasteiger partial charge in [0.25, 0.3) is 5.56 Å². The summed E-state index contributed by atoms with van der Waals surface area (Å²) in [4.78, 5) is 26.4. The Labute approximate surface area is 147 Å². The summed E-state index contributed by atoms with van der Waals surface area (Å²) in [5, 5.41) is 5.44. The minimum Gasteiger partial charge on any atom is -0.340 e. The molecule has 2 aromatic carbocycles. The zero-order chi connectivity index (χ0) is 17.1. The molecule has 3 aromatic rings. The van der Waals surface area contributed by atoms with Gasteiger partial charge in [-0.2, -0.15) is 5.10 Å². The summed E-state index contributed by atoms with van der Waals surface area (Å²) in [5.74, 6) is -0.171. The van der Waals surface area contributed by atoms with Crippen LogP contribution in [0.4, 0.5) is 0 Å². The third kappa shape index (κ3) is 3.38. The maximum Gasteiger partial charge on any atom is 0.275 e. The van der Waals surface area contributed by atoms with Crippen molar-refractivity contribution in [3.63, 3.8) is 0 Å². The molecule has 122 valence electrons. The zero-order valence-electron chi connectivity index (χ0n) is 13.1. The van der Waals surface area contributed by atoms with Gasteiger partial charge in [-0.1, -0.05) is 52.3 Å². The molecule has 1 amide bonds. The number of fused-ring (bicyclic) bond motifs is 1. The van der Waals surface area contributed by atoms with Gasteiger partial charge in [-0.05, 0) is 17.7 Å². The molecular formula is C18H16BrN3O2. The van der Waals surface area contributed by atoms with E-state index in [9.17, 15) is 9.59 Å². The van der Waals surface area contributed by atoms with Crippen LogP contribution in [0.5, 0.6) is 0 Å². The smallest absolute Gasteiger partial charge is 0.275 e. The van der Waals surface area contributed by atoms with Crippen molar-refractivity contribution in [3.8, 4) is 0 Å². The second-order valence-corrected chi connectivity index (χ2v) is 6.39. The zero-order valence-corrected chi connectivity index (χ0v) is 14.7. The molecule has 0 fully saturated rings. The molecule has 0 aliphatic rings. The fraction of sp³-hybridized carbons (Fsp3) is 0.167. The Morgan fingerprint density at radius 3 is 2.67 bits per heavy atom. The normalized spacial score (nSPS) is 10.8. The fourth-order valence-corrected chi connectivity index (χ4v) is 2.87. The van der Waals surface area contributed by atoms with Crippen LogP contribution in [0.1, 0.15) is 5.56 Å². The van der Waals surface area contributed by atoms with E-state index in [1.165, 1.54) is 4.68 Å². The number of aromatic nitrogens is 2. The van der Waals surface area contributed by atoms with Crippen molar-refractivity contribution in [2.24, 2.45) is 0 Å². The number of halogens is 1. The quantitative estimate of drug-likeness (QED) is 0.693. The van der Waals surface area contributed by atoms with Crippen molar-refractivity contribution >= 4 is 32.6 Å². The lowest BCUT2D eigenvalue weighted by Crippen LogP contribution is -2.34. The van der Waals surface area contributed by atoms with Gasteiger partial charge >= 0.3 is 0 Å². The standard InChI is InChI=1S/C18H16BrN3O2/c1-21(11-14-7-3-5-9-16(14)19)17(23)12-22-18(24)15-8-4-2-6-13(15)10-20-22/h2-10H,11-12H2,1H3. The first-order chi connectivity index (χ1) is 11.6. The van der Waals surface area contributed by atoms with E-state index in [2.05, 4.69) is 21.0 Å². The lowest BCUT2D eigenvalue weighted by molar-refractivity contribution is -0.131. The average Bonchev–Trinajstić information content (AvgIpc) is 2.59. The van der Waals surface area contributed by atoms with Crippen molar-refractivity contribution in [2.45, 2.75) is 13.1 Å². The fourth-order valence-electron chi connectivity index (χ4n) is 2.46. The SMILES string of the molecule is CN(Cc1ccccc1Br)C(=O)Cn1ncc2ccccc2c1=O. The van der Waals surface area contributed by atoms with Gasteiger partial charge in [0.2, 0.25) is 5.91 Å². The first kappa shape index (κ1) is 16.4. The van der Waals surface area contributed by atoms with Crippen LogP contribution in [0, 0.1) is 0 Å². The Balaban J connectivity index is 1.78. The summed E-state index contributed by atoms with van der Waals surface area (Å²) < 4.78 is 2.16. The van der Waals surface area contributed by atoms with Crippen LogP contribution >= 0.6 is 15.9 Å². The summed E-state index contributed by atoms with van der Waals surface area (Å²) in [6, 6.07) is 15.0. The van der Waals surface area contributed by atoms with Gasteiger partial charge in [-0.3, -0.25) is 9.59 Å². The van der Waals surface area contributed by atoms with Crippen molar-refractivity contribution in [3.05, 3.63) is 75.1 Å². The number of carbonyl (C=O) groups excluding carboxylic acids is 1. The molecule has 0 unspecified atom stereocenters. The number of amides is 1. The summed E-state index contributed by atoms with van der Waals surface area (Å²) in [5.41, 5.74) is 0.753. The first-order valence-electron chi connectivity index (χ1n) is 7.48. The molecule has 0 saturated carbocycles. The molecule has 0 atom stereocenters. The van der Waals surface area contributed by atoms with Gasteiger partial charge in [-0.25, -0.2) is 4.68 Å². The molecule has 3 rings (SSSR count). The van der Waals surface area contributed by atoms with Crippen LogP contribution in [-0.4, -0.2) is 27.6 Å². The summed E-state index contributed by atoms with van der Waals surface area (Å²) >= 11 is 3.47. The monoisotopic (exact) mass is 385 g/mol. The Morgan fingerprint density at radius 1 is 1.17 bits per heavy atom. The highest BCUT2D eigenvalue weighted by molar-refractivity contribution is 9.10. The lowest BCUT2D eigenvalue weighted by Gasteiger charge is -2.18. The third-order valence-electron chi connectivity index (χ3n) is 3.84. The van der Waals surface area contributed by atoms with Gasteiger partial charge < -0.3 is 4.90 Å². The minimum absolute atomic E-state index is 0.0787. The van der Waals surface area contributed by atoms with Crippen molar-refractivity contribution in [1.29, 1.82) is 0 Å².